The van der Waals surface area contributed by atoms with Gasteiger partial charge in [-0.3, -0.25) is 4.98 Å². The third-order valence-electron chi connectivity index (χ3n) is 2.69. The monoisotopic (exact) mass is 254 g/mol. The summed E-state index contributed by atoms with van der Waals surface area (Å²) in [6, 6.07) is 3.80. The fourth-order valence-electron chi connectivity index (χ4n) is 1.60. The molecule has 1 aromatic rings. The van der Waals surface area contributed by atoms with Crippen LogP contribution in [0.1, 0.15) is 18.7 Å². The maximum atomic E-state index is 9.42. The number of ether oxygens (including phenoxy) is 2. The molecule has 0 saturated heterocycles. The van der Waals surface area contributed by atoms with Gasteiger partial charge in [0, 0.05) is 27.3 Å². The first kappa shape index (κ1) is 14.9. The molecule has 5 nitrogen and oxygen atoms in total. The lowest BCUT2D eigenvalue weighted by molar-refractivity contribution is 0.190. The summed E-state index contributed by atoms with van der Waals surface area (Å²) in [5.41, 5.74) is 1.69. The van der Waals surface area contributed by atoms with E-state index in [9.17, 15) is 5.11 Å². The lowest BCUT2D eigenvalue weighted by Crippen LogP contribution is -2.30. The van der Waals surface area contributed by atoms with Crippen LogP contribution in [0.25, 0.3) is 0 Å². The summed E-state index contributed by atoms with van der Waals surface area (Å²) < 4.78 is 10.2. The topological polar surface area (TPSA) is 54.8 Å². The number of rotatable bonds is 8. The molecular formula is C13H22N2O3. The van der Waals surface area contributed by atoms with Crippen molar-refractivity contribution in [2.24, 2.45) is 0 Å². The Morgan fingerprint density at radius 1 is 1.22 bits per heavy atom. The smallest absolute Gasteiger partial charge is 0.0931 e. The van der Waals surface area contributed by atoms with Crippen LogP contribution in [0, 0.1) is 0 Å². The molecule has 0 saturated carbocycles. The molecule has 0 fully saturated rings. The molecule has 102 valence electrons. The Labute approximate surface area is 108 Å². The van der Waals surface area contributed by atoms with Gasteiger partial charge in [0.05, 0.1) is 36.9 Å². The van der Waals surface area contributed by atoms with Crippen molar-refractivity contribution in [1.82, 2.24) is 4.98 Å². The molecule has 1 aromatic heterocycles. The van der Waals surface area contributed by atoms with Crippen molar-refractivity contribution in [3.8, 4) is 0 Å². The van der Waals surface area contributed by atoms with E-state index in [4.69, 9.17) is 9.47 Å². The Bertz CT molecular complexity index is 320. The van der Waals surface area contributed by atoms with Gasteiger partial charge in [-0.1, -0.05) is 0 Å². The van der Waals surface area contributed by atoms with Crippen LogP contribution in [0.5, 0.6) is 0 Å². The van der Waals surface area contributed by atoms with Gasteiger partial charge in [-0.15, -0.1) is 0 Å². The zero-order valence-electron chi connectivity index (χ0n) is 11.3. The first-order valence-electron chi connectivity index (χ1n) is 6.06. The van der Waals surface area contributed by atoms with E-state index in [0.717, 1.165) is 18.8 Å². The predicted molar refractivity (Wildman–Crippen MR) is 70.8 cm³/mol. The van der Waals surface area contributed by atoms with E-state index in [0.29, 0.717) is 18.9 Å². The molecule has 1 heterocycles. The van der Waals surface area contributed by atoms with Crippen LogP contribution in [0.2, 0.25) is 0 Å². The third kappa shape index (κ3) is 4.60. The molecule has 0 amide bonds. The maximum Gasteiger partial charge on any atom is 0.0931 e. The molecule has 1 N–H and O–H groups in total. The molecule has 0 aliphatic heterocycles. The molecule has 0 aromatic carbocycles. The van der Waals surface area contributed by atoms with E-state index < -0.39 is 6.10 Å². The highest BCUT2D eigenvalue weighted by Crippen LogP contribution is 2.16. The molecule has 5 heteroatoms. The van der Waals surface area contributed by atoms with E-state index in [1.165, 1.54) is 0 Å². The van der Waals surface area contributed by atoms with Gasteiger partial charge >= 0.3 is 0 Å². The normalized spacial score (nSPS) is 12.4. The highest BCUT2D eigenvalue weighted by Gasteiger charge is 2.08. The first-order chi connectivity index (χ1) is 8.69. The summed E-state index contributed by atoms with van der Waals surface area (Å²) >= 11 is 0. The Morgan fingerprint density at radius 3 is 2.22 bits per heavy atom. The summed E-state index contributed by atoms with van der Waals surface area (Å²) in [4.78, 5) is 6.39. The Kier molecular flexibility index (Phi) is 6.64. The summed E-state index contributed by atoms with van der Waals surface area (Å²) in [5.74, 6) is 0. The third-order valence-corrected chi connectivity index (χ3v) is 2.69. The van der Waals surface area contributed by atoms with Crippen molar-refractivity contribution in [2.45, 2.75) is 13.0 Å². The maximum absolute atomic E-state index is 9.42. The van der Waals surface area contributed by atoms with E-state index in [1.54, 1.807) is 27.3 Å². The van der Waals surface area contributed by atoms with Crippen molar-refractivity contribution >= 4 is 5.69 Å². The van der Waals surface area contributed by atoms with Crippen LogP contribution >= 0.6 is 0 Å². The molecule has 0 radical (unpaired) electrons. The molecule has 1 atom stereocenters. The zero-order chi connectivity index (χ0) is 13.4. The van der Waals surface area contributed by atoms with Gasteiger partial charge in [0.25, 0.3) is 0 Å². The summed E-state index contributed by atoms with van der Waals surface area (Å²) in [7, 11) is 3.37. The fraction of sp³-hybridized carbons (Fsp3) is 0.615. The van der Waals surface area contributed by atoms with Gasteiger partial charge in [0.1, 0.15) is 0 Å². The van der Waals surface area contributed by atoms with Crippen molar-refractivity contribution in [3.63, 3.8) is 0 Å². The number of anilines is 1. The van der Waals surface area contributed by atoms with Crippen LogP contribution in [0.3, 0.4) is 0 Å². The molecule has 0 spiro atoms. The Hall–Kier alpha value is -1.17. The van der Waals surface area contributed by atoms with Crippen LogP contribution in [-0.4, -0.2) is 50.6 Å². The van der Waals surface area contributed by atoms with Crippen LogP contribution in [0.4, 0.5) is 5.69 Å². The Morgan fingerprint density at radius 2 is 1.83 bits per heavy atom. The lowest BCUT2D eigenvalue weighted by Gasteiger charge is -2.24. The average molecular weight is 254 g/mol. The second-order valence-electron chi connectivity index (χ2n) is 4.09. The number of aromatic nitrogens is 1. The number of methoxy groups -OCH3 is 2. The number of aliphatic hydroxyl groups is 1. The van der Waals surface area contributed by atoms with Gasteiger partial charge in [-0.05, 0) is 19.1 Å². The van der Waals surface area contributed by atoms with Gasteiger partial charge in [-0.2, -0.15) is 0 Å². The standard InChI is InChI=1S/C13H22N2O3/c1-11(16)13-5-4-12(10-14-13)15(6-8-17-2)7-9-18-3/h4-5,10-11,16H,6-9H2,1-3H3/t11-/m0/s1. The highest BCUT2D eigenvalue weighted by molar-refractivity contribution is 5.44. The molecule has 0 bridgehead atoms. The van der Waals surface area contributed by atoms with Crippen molar-refractivity contribution in [2.75, 3.05) is 45.4 Å². The van der Waals surface area contributed by atoms with Crippen LogP contribution in [0.15, 0.2) is 18.3 Å². The molecule has 18 heavy (non-hydrogen) atoms. The van der Waals surface area contributed by atoms with Crippen LogP contribution in [-0.2, 0) is 9.47 Å². The van der Waals surface area contributed by atoms with E-state index in [1.807, 2.05) is 12.1 Å². The quantitative estimate of drug-likeness (QED) is 0.756. The minimum Gasteiger partial charge on any atom is -0.387 e. The van der Waals surface area contributed by atoms with E-state index in [-0.39, 0.29) is 0 Å². The highest BCUT2D eigenvalue weighted by atomic mass is 16.5. The SMILES string of the molecule is COCCN(CCOC)c1ccc([C@H](C)O)nc1. The first-order valence-corrected chi connectivity index (χ1v) is 6.06. The number of hydrogen-bond donors (Lipinski definition) is 1. The fourth-order valence-corrected chi connectivity index (χ4v) is 1.60. The molecule has 0 aliphatic carbocycles. The van der Waals surface area contributed by atoms with Gasteiger partial charge in [0.2, 0.25) is 0 Å². The second-order valence-corrected chi connectivity index (χ2v) is 4.09. The van der Waals surface area contributed by atoms with Gasteiger partial charge in [-0.25, -0.2) is 0 Å². The molecule has 1 rings (SSSR count). The van der Waals surface area contributed by atoms with Crippen molar-refractivity contribution in [3.05, 3.63) is 24.0 Å². The molecule has 0 unspecified atom stereocenters. The van der Waals surface area contributed by atoms with E-state index >= 15 is 0 Å². The number of hydrogen-bond acceptors (Lipinski definition) is 5. The Balaban J connectivity index is 2.70. The van der Waals surface area contributed by atoms with Gasteiger partial charge in [0.15, 0.2) is 0 Å². The number of nitrogens with zero attached hydrogens (tertiary/aromatic N) is 2. The zero-order valence-corrected chi connectivity index (χ0v) is 11.3. The van der Waals surface area contributed by atoms with Crippen molar-refractivity contribution in [1.29, 1.82) is 0 Å². The summed E-state index contributed by atoms with van der Waals surface area (Å²) in [6.45, 7) is 4.59. The largest absolute Gasteiger partial charge is 0.387 e. The molecular weight excluding hydrogens is 232 g/mol. The minimum absolute atomic E-state index is 0.537. The summed E-state index contributed by atoms with van der Waals surface area (Å²) in [6.07, 6.45) is 1.23. The molecule has 0 aliphatic rings. The predicted octanol–water partition coefficient (Wildman–Crippen LogP) is 1.23. The second kappa shape index (κ2) is 8.02. The minimum atomic E-state index is -0.537. The summed E-state index contributed by atoms with van der Waals surface area (Å²) in [5, 5.41) is 9.42. The van der Waals surface area contributed by atoms with Gasteiger partial charge < -0.3 is 19.5 Å². The average Bonchev–Trinajstić information content (AvgIpc) is 2.39. The lowest BCUT2D eigenvalue weighted by atomic mass is 10.2. The van der Waals surface area contributed by atoms with Crippen LogP contribution < -0.4 is 4.90 Å². The number of pyridine rings is 1. The van der Waals surface area contributed by atoms with E-state index in [2.05, 4.69) is 9.88 Å². The number of aliphatic hydroxyl groups excluding tert-OH is 1. The van der Waals surface area contributed by atoms with Crippen molar-refractivity contribution < 1.29 is 14.6 Å².